The van der Waals surface area contributed by atoms with E-state index >= 15 is 0 Å². The maximum atomic E-state index is 13.3. The Balaban J connectivity index is 1.65. The van der Waals surface area contributed by atoms with E-state index in [1.165, 1.54) is 0 Å². The van der Waals surface area contributed by atoms with Crippen LogP contribution in [0.3, 0.4) is 0 Å². The van der Waals surface area contributed by atoms with E-state index in [1.54, 1.807) is 30.2 Å². The third-order valence-corrected chi connectivity index (χ3v) is 6.17. The van der Waals surface area contributed by atoms with Crippen LogP contribution < -0.4 is 15.0 Å². The largest absolute Gasteiger partial charge is 0.497 e. The number of hydrogen-bond donors (Lipinski definition) is 1. The van der Waals surface area contributed by atoms with Crippen molar-refractivity contribution >= 4 is 28.9 Å². The summed E-state index contributed by atoms with van der Waals surface area (Å²) in [4.78, 5) is 19.6. The Bertz CT molecular complexity index is 1430. The molecule has 35 heavy (non-hydrogen) atoms. The molecule has 1 atom stereocenters. The number of aromatic nitrogens is 2. The summed E-state index contributed by atoms with van der Waals surface area (Å²) in [5, 5.41) is 7.88. The van der Waals surface area contributed by atoms with Gasteiger partial charge in [0, 0.05) is 16.3 Å². The zero-order valence-corrected chi connectivity index (χ0v) is 20.2. The summed E-state index contributed by atoms with van der Waals surface area (Å²) < 4.78 is 11.0. The van der Waals surface area contributed by atoms with Gasteiger partial charge in [-0.3, -0.25) is 4.90 Å². The van der Waals surface area contributed by atoms with Crippen LogP contribution in [0.15, 0.2) is 83.0 Å². The zero-order chi connectivity index (χ0) is 24.5. The van der Waals surface area contributed by atoms with Gasteiger partial charge in [0.15, 0.2) is 0 Å². The van der Waals surface area contributed by atoms with Crippen LogP contribution in [0.5, 0.6) is 5.75 Å². The minimum atomic E-state index is -0.526. The standard InChI is InChI=1S/C27H23ClN4O3/c1-16-6-4-8-19(14-16)25-30-26(35-31-25)23-17(2)32(21-10-12-22(34-3)13-11-21)27(33)29-24(23)18-7-5-9-20(28)15-18/h4-15,24H,1-3H3,(H,29,33). The summed E-state index contributed by atoms with van der Waals surface area (Å²) in [6.07, 6.45) is 0. The number of rotatable bonds is 5. The van der Waals surface area contributed by atoms with Crippen molar-refractivity contribution in [2.24, 2.45) is 0 Å². The average molecular weight is 487 g/mol. The molecule has 0 spiro atoms. The van der Waals surface area contributed by atoms with Crippen LogP contribution in [0.2, 0.25) is 5.02 Å². The molecule has 1 aliphatic rings. The van der Waals surface area contributed by atoms with Gasteiger partial charge in [-0.2, -0.15) is 4.98 Å². The van der Waals surface area contributed by atoms with Gasteiger partial charge < -0.3 is 14.6 Å². The summed E-state index contributed by atoms with van der Waals surface area (Å²) in [6, 6.07) is 21.7. The summed E-state index contributed by atoms with van der Waals surface area (Å²) in [7, 11) is 1.60. The monoisotopic (exact) mass is 486 g/mol. The molecule has 0 saturated carbocycles. The van der Waals surface area contributed by atoms with Crippen molar-refractivity contribution in [3.63, 3.8) is 0 Å². The van der Waals surface area contributed by atoms with Gasteiger partial charge in [0.2, 0.25) is 5.82 Å². The maximum absolute atomic E-state index is 13.3. The summed E-state index contributed by atoms with van der Waals surface area (Å²) in [6.45, 7) is 3.88. The first-order valence-corrected chi connectivity index (χ1v) is 11.4. The number of ether oxygens (including phenoxy) is 1. The van der Waals surface area contributed by atoms with Gasteiger partial charge in [-0.25, -0.2) is 4.79 Å². The minimum Gasteiger partial charge on any atom is -0.497 e. The van der Waals surface area contributed by atoms with E-state index in [1.807, 2.05) is 68.4 Å². The molecule has 0 aliphatic carbocycles. The molecule has 176 valence electrons. The first-order valence-electron chi connectivity index (χ1n) is 11.1. The molecule has 0 radical (unpaired) electrons. The lowest BCUT2D eigenvalue weighted by Crippen LogP contribution is -2.46. The van der Waals surface area contributed by atoms with Crippen LogP contribution >= 0.6 is 11.6 Å². The predicted octanol–water partition coefficient (Wildman–Crippen LogP) is 6.41. The molecule has 4 aromatic rings. The van der Waals surface area contributed by atoms with Crippen LogP contribution in [0.25, 0.3) is 17.0 Å². The highest BCUT2D eigenvalue weighted by molar-refractivity contribution is 6.30. The van der Waals surface area contributed by atoms with Crippen LogP contribution in [0, 0.1) is 6.92 Å². The number of carbonyl (C=O) groups excluding carboxylic acids is 1. The number of methoxy groups -OCH3 is 1. The number of nitrogens with one attached hydrogen (secondary N) is 1. The highest BCUT2D eigenvalue weighted by Gasteiger charge is 2.36. The summed E-state index contributed by atoms with van der Waals surface area (Å²) in [5.74, 6) is 1.49. The molecule has 5 rings (SSSR count). The first-order chi connectivity index (χ1) is 16.9. The lowest BCUT2D eigenvalue weighted by Gasteiger charge is -2.35. The molecule has 7 nitrogen and oxygen atoms in total. The van der Waals surface area contributed by atoms with Crippen LogP contribution in [-0.2, 0) is 0 Å². The Hall–Kier alpha value is -4.10. The van der Waals surface area contributed by atoms with Gasteiger partial charge in [0.05, 0.1) is 24.4 Å². The van der Waals surface area contributed by atoms with E-state index in [9.17, 15) is 4.79 Å². The second kappa shape index (κ2) is 9.27. The molecule has 2 heterocycles. The van der Waals surface area contributed by atoms with E-state index in [2.05, 4.69) is 10.5 Å². The van der Waals surface area contributed by atoms with Gasteiger partial charge >= 0.3 is 6.03 Å². The molecule has 1 aliphatic heterocycles. The molecule has 3 aromatic carbocycles. The Kier molecular flexibility index (Phi) is 6.01. The molecule has 8 heteroatoms. The number of benzene rings is 3. The molecule has 1 N–H and O–H groups in total. The van der Waals surface area contributed by atoms with Gasteiger partial charge in [-0.1, -0.05) is 52.7 Å². The van der Waals surface area contributed by atoms with Crippen LogP contribution in [0.1, 0.15) is 30.0 Å². The van der Waals surface area contributed by atoms with Gasteiger partial charge in [-0.05, 0) is 61.9 Å². The smallest absolute Gasteiger partial charge is 0.326 e. The lowest BCUT2D eigenvalue weighted by atomic mass is 9.94. The maximum Gasteiger partial charge on any atom is 0.326 e. The van der Waals surface area contributed by atoms with Crippen molar-refractivity contribution in [3.05, 3.63) is 101 Å². The Morgan fingerprint density at radius 1 is 1.03 bits per heavy atom. The van der Waals surface area contributed by atoms with E-state index in [0.717, 1.165) is 16.7 Å². The fraction of sp³-hybridized carbons (Fsp3) is 0.148. The molecule has 0 saturated heterocycles. The fourth-order valence-corrected chi connectivity index (χ4v) is 4.43. The van der Waals surface area contributed by atoms with Crippen molar-refractivity contribution in [1.29, 1.82) is 0 Å². The van der Waals surface area contributed by atoms with E-state index in [0.29, 0.717) is 39.4 Å². The quantitative estimate of drug-likeness (QED) is 0.352. The second-order valence-electron chi connectivity index (χ2n) is 8.26. The number of hydrogen-bond acceptors (Lipinski definition) is 5. The molecule has 1 aromatic heterocycles. The molecular formula is C27H23ClN4O3. The molecule has 1 unspecified atom stereocenters. The topological polar surface area (TPSA) is 80.5 Å². The first kappa shape index (κ1) is 22.7. The predicted molar refractivity (Wildman–Crippen MR) is 135 cm³/mol. The van der Waals surface area contributed by atoms with Gasteiger partial charge in [0.25, 0.3) is 5.89 Å². The van der Waals surface area contributed by atoms with Crippen molar-refractivity contribution in [1.82, 2.24) is 15.5 Å². The number of aryl methyl sites for hydroxylation is 1. The Labute approximate surface area is 208 Å². The number of anilines is 1. The number of urea groups is 1. The van der Waals surface area contributed by atoms with Crippen molar-refractivity contribution in [2.75, 3.05) is 12.0 Å². The third-order valence-electron chi connectivity index (χ3n) is 5.93. The van der Waals surface area contributed by atoms with Gasteiger partial charge in [0.1, 0.15) is 5.75 Å². The molecular weight excluding hydrogens is 464 g/mol. The number of nitrogens with zero attached hydrogens (tertiary/aromatic N) is 3. The minimum absolute atomic E-state index is 0.278. The molecule has 0 bridgehead atoms. The number of halogens is 1. The molecule has 0 fully saturated rings. The zero-order valence-electron chi connectivity index (χ0n) is 19.4. The molecule has 2 amide bonds. The fourth-order valence-electron chi connectivity index (χ4n) is 4.23. The average Bonchev–Trinajstić information content (AvgIpc) is 3.34. The number of allylic oxidation sites excluding steroid dienone is 1. The van der Waals surface area contributed by atoms with Gasteiger partial charge in [-0.15, -0.1) is 0 Å². The van der Waals surface area contributed by atoms with E-state index < -0.39 is 6.04 Å². The van der Waals surface area contributed by atoms with Crippen molar-refractivity contribution in [2.45, 2.75) is 19.9 Å². The normalized spacial score (nSPS) is 15.8. The van der Waals surface area contributed by atoms with Crippen LogP contribution in [-0.4, -0.2) is 23.3 Å². The Morgan fingerprint density at radius 3 is 2.51 bits per heavy atom. The summed E-state index contributed by atoms with van der Waals surface area (Å²) >= 11 is 6.28. The Morgan fingerprint density at radius 2 is 1.80 bits per heavy atom. The van der Waals surface area contributed by atoms with Crippen molar-refractivity contribution in [3.8, 4) is 17.1 Å². The highest BCUT2D eigenvalue weighted by atomic mass is 35.5. The van der Waals surface area contributed by atoms with Crippen molar-refractivity contribution < 1.29 is 14.1 Å². The lowest BCUT2D eigenvalue weighted by molar-refractivity contribution is 0.244. The second-order valence-corrected chi connectivity index (χ2v) is 8.70. The number of carbonyl (C=O) groups is 1. The van der Waals surface area contributed by atoms with Crippen LogP contribution in [0.4, 0.5) is 10.5 Å². The third kappa shape index (κ3) is 4.38. The van der Waals surface area contributed by atoms with E-state index in [4.69, 9.17) is 25.8 Å². The SMILES string of the molecule is COc1ccc(N2C(=O)NC(c3cccc(Cl)c3)C(c3nc(-c4cccc(C)c4)no3)=C2C)cc1. The van der Waals surface area contributed by atoms with E-state index in [-0.39, 0.29) is 6.03 Å². The highest BCUT2D eigenvalue weighted by Crippen LogP contribution is 2.39. The summed E-state index contributed by atoms with van der Waals surface area (Å²) in [5.41, 5.74) is 4.80. The number of amides is 2.